The van der Waals surface area contributed by atoms with Crippen molar-refractivity contribution in [3.05, 3.63) is 33.4 Å². The van der Waals surface area contributed by atoms with Crippen molar-refractivity contribution in [3.63, 3.8) is 0 Å². The van der Waals surface area contributed by atoms with Crippen LogP contribution in [0.4, 0.5) is 0 Å². The van der Waals surface area contributed by atoms with E-state index in [-0.39, 0.29) is 10.8 Å². The van der Waals surface area contributed by atoms with Gasteiger partial charge in [-0.05, 0) is 38.2 Å². The van der Waals surface area contributed by atoms with Gasteiger partial charge in [0.25, 0.3) is 5.56 Å². The summed E-state index contributed by atoms with van der Waals surface area (Å²) in [4.78, 5) is 19.9. The van der Waals surface area contributed by atoms with Gasteiger partial charge in [-0.3, -0.25) is 9.36 Å². The van der Waals surface area contributed by atoms with Gasteiger partial charge in [0.05, 0.1) is 16.7 Å². The Bertz CT molecular complexity index is 844. The first kappa shape index (κ1) is 16.3. The molecule has 0 spiro atoms. The summed E-state index contributed by atoms with van der Waals surface area (Å²) in [6, 6.07) is 2.19. The highest BCUT2D eigenvalue weighted by Gasteiger charge is 2.21. The summed E-state index contributed by atoms with van der Waals surface area (Å²) >= 11 is 3.00. The molecule has 0 radical (unpaired) electrons. The summed E-state index contributed by atoms with van der Waals surface area (Å²) in [5.74, 6) is 0. The number of nitrogens with zero attached hydrogens (tertiary/aromatic N) is 3. The minimum Gasteiger partial charge on any atom is -0.283 e. The van der Waals surface area contributed by atoms with Crippen molar-refractivity contribution >= 4 is 33.3 Å². The Morgan fingerprint density at radius 1 is 1.48 bits per heavy atom. The number of rotatable bonds is 4. The molecule has 0 N–H and O–H groups in total. The van der Waals surface area contributed by atoms with Crippen LogP contribution in [0.2, 0.25) is 0 Å². The molecule has 1 aliphatic rings. The molecule has 2 aromatic heterocycles. The van der Waals surface area contributed by atoms with E-state index in [0.717, 1.165) is 29.5 Å². The predicted octanol–water partition coefficient (Wildman–Crippen LogP) is 3.92. The maximum Gasteiger partial charge on any atom is 0.263 e. The van der Waals surface area contributed by atoms with Gasteiger partial charge in [-0.15, -0.1) is 17.9 Å². The Morgan fingerprint density at radius 3 is 3.00 bits per heavy atom. The Balaban J connectivity index is 2.22. The molecule has 0 amide bonds. The maximum absolute atomic E-state index is 13.0. The van der Waals surface area contributed by atoms with Crippen LogP contribution in [0.15, 0.2) is 22.6 Å². The molecule has 0 fully saturated rings. The first-order chi connectivity index (χ1) is 11.2. The molecule has 4 nitrogen and oxygen atoms in total. The van der Waals surface area contributed by atoms with Gasteiger partial charge in [-0.1, -0.05) is 24.3 Å². The molecule has 23 heavy (non-hydrogen) atoms. The number of allylic oxidation sites excluding steroid dienone is 1. The molecule has 0 unspecified atom stereocenters. The van der Waals surface area contributed by atoms with Gasteiger partial charge < -0.3 is 0 Å². The largest absolute Gasteiger partial charge is 0.283 e. The molecule has 2 aromatic rings. The van der Waals surface area contributed by atoms with Gasteiger partial charge in [0.2, 0.25) is 0 Å². The quantitative estimate of drug-likeness (QED) is 0.365. The topological polar surface area (TPSA) is 58.7 Å². The van der Waals surface area contributed by atoms with Crippen molar-refractivity contribution < 1.29 is 0 Å². The minimum atomic E-state index is -0.242. The summed E-state index contributed by atoms with van der Waals surface area (Å²) in [5, 5.41) is 10.2. The highest BCUT2D eigenvalue weighted by Crippen LogP contribution is 2.34. The van der Waals surface area contributed by atoms with Crippen LogP contribution in [-0.2, 0) is 19.4 Å². The van der Waals surface area contributed by atoms with Gasteiger partial charge in [0.1, 0.15) is 4.83 Å². The van der Waals surface area contributed by atoms with Crippen molar-refractivity contribution in [2.75, 3.05) is 0 Å². The maximum atomic E-state index is 13.0. The van der Waals surface area contributed by atoms with Gasteiger partial charge in [-0.25, -0.2) is 4.98 Å². The van der Waals surface area contributed by atoms with Crippen molar-refractivity contribution in [2.24, 2.45) is 0 Å². The lowest BCUT2D eigenvalue weighted by Crippen LogP contribution is -2.23. The van der Waals surface area contributed by atoms with E-state index in [1.165, 1.54) is 35.0 Å². The number of aryl methyl sites for hydroxylation is 2. The zero-order valence-corrected chi connectivity index (χ0v) is 14.8. The van der Waals surface area contributed by atoms with E-state index < -0.39 is 0 Å². The fourth-order valence-corrected chi connectivity index (χ4v) is 5.07. The molecule has 0 saturated heterocycles. The summed E-state index contributed by atoms with van der Waals surface area (Å²) in [5.41, 5.74) is 1.23. The van der Waals surface area contributed by atoms with Crippen LogP contribution in [0, 0.1) is 11.3 Å². The van der Waals surface area contributed by atoms with Gasteiger partial charge in [0, 0.05) is 11.4 Å². The Hall–Kier alpha value is -1.58. The number of nitriles is 1. The molecular weight excluding hydrogens is 326 g/mol. The Labute approximate surface area is 143 Å². The van der Waals surface area contributed by atoms with Crippen LogP contribution in [0.3, 0.4) is 0 Å². The van der Waals surface area contributed by atoms with Crippen LogP contribution in [0.1, 0.15) is 36.6 Å². The highest BCUT2D eigenvalue weighted by atomic mass is 32.2. The summed E-state index contributed by atoms with van der Waals surface area (Å²) in [7, 11) is 0. The van der Waals surface area contributed by atoms with E-state index in [2.05, 4.69) is 12.6 Å². The highest BCUT2D eigenvalue weighted by molar-refractivity contribution is 8.00. The third-order valence-electron chi connectivity index (χ3n) is 4.07. The first-order valence-corrected chi connectivity index (χ1v) is 9.57. The Kier molecular flexibility index (Phi) is 4.88. The fraction of sp³-hybridized carbons (Fsp3) is 0.471. The normalized spacial score (nSPS) is 15.7. The van der Waals surface area contributed by atoms with Gasteiger partial charge in [-0.2, -0.15) is 5.26 Å². The number of thioether (sulfide) groups is 1. The van der Waals surface area contributed by atoms with Crippen LogP contribution in [0.25, 0.3) is 10.2 Å². The average molecular weight is 345 g/mol. The number of fused-ring (bicyclic) bond motifs is 3. The monoisotopic (exact) mass is 345 g/mol. The molecule has 1 aliphatic carbocycles. The number of hydrogen-bond acceptors (Lipinski definition) is 5. The number of thiophene rings is 1. The van der Waals surface area contributed by atoms with Crippen LogP contribution < -0.4 is 5.56 Å². The molecule has 0 saturated carbocycles. The Morgan fingerprint density at radius 2 is 2.26 bits per heavy atom. The summed E-state index contributed by atoms with van der Waals surface area (Å²) in [6.45, 7) is 5.99. The fourth-order valence-electron chi connectivity index (χ4n) is 2.96. The van der Waals surface area contributed by atoms with Crippen molar-refractivity contribution in [1.29, 1.82) is 5.26 Å². The zero-order chi connectivity index (χ0) is 16.4. The van der Waals surface area contributed by atoms with Gasteiger partial charge in [0.15, 0.2) is 5.16 Å². The molecule has 1 atom stereocenters. The van der Waals surface area contributed by atoms with E-state index >= 15 is 0 Å². The van der Waals surface area contributed by atoms with Crippen molar-refractivity contribution in [3.8, 4) is 6.07 Å². The molecule has 2 heterocycles. The van der Waals surface area contributed by atoms with E-state index in [1.807, 2.05) is 6.92 Å². The lowest BCUT2D eigenvalue weighted by molar-refractivity contribution is 0.670. The molecule has 0 aromatic carbocycles. The number of aromatic nitrogens is 2. The minimum absolute atomic E-state index is 0.0157. The van der Waals surface area contributed by atoms with Crippen LogP contribution in [-0.4, -0.2) is 14.8 Å². The zero-order valence-electron chi connectivity index (χ0n) is 13.2. The molecule has 6 heteroatoms. The first-order valence-electron chi connectivity index (χ1n) is 7.88. The van der Waals surface area contributed by atoms with E-state index in [4.69, 9.17) is 10.2 Å². The second kappa shape index (κ2) is 6.90. The lowest BCUT2D eigenvalue weighted by Gasteiger charge is -2.11. The second-order valence-corrected chi connectivity index (χ2v) is 8.12. The molecular formula is C17H19N3OS2. The SMILES string of the molecule is C=CCn1c(S[C@@H](C)C#N)nc2sc3c(c2c1=O)CCCCC3. The predicted molar refractivity (Wildman–Crippen MR) is 96.3 cm³/mol. The summed E-state index contributed by atoms with van der Waals surface area (Å²) < 4.78 is 1.66. The summed E-state index contributed by atoms with van der Waals surface area (Å²) in [6.07, 6.45) is 7.29. The van der Waals surface area contributed by atoms with Crippen molar-refractivity contribution in [2.45, 2.75) is 56.0 Å². The smallest absolute Gasteiger partial charge is 0.263 e. The molecule has 120 valence electrons. The molecule has 3 rings (SSSR count). The van der Waals surface area contributed by atoms with E-state index in [0.29, 0.717) is 11.7 Å². The van der Waals surface area contributed by atoms with Crippen molar-refractivity contribution in [1.82, 2.24) is 9.55 Å². The number of hydrogen-bond donors (Lipinski definition) is 0. The lowest BCUT2D eigenvalue weighted by atomic mass is 10.1. The molecule has 0 bridgehead atoms. The van der Waals surface area contributed by atoms with E-state index in [9.17, 15) is 4.79 Å². The van der Waals surface area contributed by atoms with E-state index in [1.54, 1.807) is 22.0 Å². The average Bonchev–Trinajstić information content (AvgIpc) is 2.72. The second-order valence-electron chi connectivity index (χ2n) is 5.73. The van der Waals surface area contributed by atoms with Crippen LogP contribution in [0.5, 0.6) is 0 Å². The molecule has 0 aliphatic heterocycles. The van der Waals surface area contributed by atoms with Crippen LogP contribution >= 0.6 is 23.1 Å². The van der Waals surface area contributed by atoms with Gasteiger partial charge >= 0.3 is 0 Å². The third-order valence-corrected chi connectivity index (χ3v) is 6.23. The third kappa shape index (κ3) is 3.08. The standard InChI is InChI=1S/C17H19N3OS2/c1-3-9-20-16(21)14-12-7-5-4-6-8-13(12)23-15(14)19-17(20)22-11(2)10-18/h3,11H,1,4-9H2,2H3/t11-/m0/s1.